The Bertz CT molecular complexity index is 337. The molecule has 0 aliphatic rings. The van der Waals surface area contributed by atoms with Crippen molar-refractivity contribution in [2.45, 2.75) is 6.92 Å². The number of allylic oxidation sites excluding steroid dienone is 2. The van der Waals surface area contributed by atoms with E-state index in [1.807, 2.05) is 24.7 Å². The van der Waals surface area contributed by atoms with Crippen molar-refractivity contribution in [3.8, 4) is 0 Å². The van der Waals surface area contributed by atoms with E-state index in [1.165, 1.54) is 4.91 Å². The molecule has 0 aliphatic carbocycles. The van der Waals surface area contributed by atoms with Gasteiger partial charge in [-0.2, -0.15) is 5.10 Å². The van der Waals surface area contributed by atoms with Crippen LogP contribution in [0.2, 0.25) is 0 Å². The van der Waals surface area contributed by atoms with E-state index in [0.717, 1.165) is 11.4 Å². The summed E-state index contributed by atoms with van der Waals surface area (Å²) in [5, 5.41) is 4.29. The number of aryl methyl sites for hydroxylation is 2. The van der Waals surface area contributed by atoms with Gasteiger partial charge in [0.2, 0.25) is 0 Å². The molecule has 1 rings (SSSR count). The van der Waals surface area contributed by atoms with Gasteiger partial charge in [-0.1, -0.05) is 12.7 Å². The molecule has 1 heterocycles. The van der Waals surface area contributed by atoms with E-state index in [1.54, 1.807) is 17.8 Å². The first-order valence-corrected chi connectivity index (χ1v) is 5.29. The van der Waals surface area contributed by atoms with Crippen molar-refractivity contribution in [1.82, 2.24) is 9.78 Å². The average Bonchev–Trinajstić information content (AvgIpc) is 2.41. The summed E-state index contributed by atoms with van der Waals surface area (Å²) in [6, 6.07) is 2.08. The van der Waals surface area contributed by atoms with Gasteiger partial charge >= 0.3 is 0 Å². The topological polar surface area (TPSA) is 17.8 Å². The monoisotopic (exact) mass is 194 g/mol. The van der Waals surface area contributed by atoms with Crippen LogP contribution < -0.4 is 0 Å². The Morgan fingerprint density at radius 1 is 1.69 bits per heavy atom. The molecule has 0 unspecified atom stereocenters. The molecular formula is C10H14N2S. The Morgan fingerprint density at radius 2 is 2.38 bits per heavy atom. The molecule has 0 fully saturated rings. The number of nitrogens with zero attached hydrogens (tertiary/aromatic N) is 2. The van der Waals surface area contributed by atoms with Crippen molar-refractivity contribution >= 4 is 16.7 Å². The Balaban J connectivity index is 3.11. The van der Waals surface area contributed by atoms with Gasteiger partial charge in [0.1, 0.15) is 0 Å². The van der Waals surface area contributed by atoms with E-state index in [-0.39, 0.29) is 0 Å². The first-order chi connectivity index (χ1) is 6.19. The third-order valence-electron chi connectivity index (χ3n) is 1.74. The van der Waals surface area contributed by atoms with Gasteiger partial charge in [-0.15, -0.1) is 11.8 Å². The highest BCUT2D eigenvalue weighted by molar-refractivity contribution is 8.07. The number of rotatable bonds is 3. The number of aromatic nitrogens is 2. The second-order valence-corrected chi connectivity index (χ2v) is 3.61. The molecule has 1 aromatic rings. The van der Waals surface area contributed by atoms with Crippen molar-refractivity contribution in [1.29, 1.82) is 0 Å². The average molecular weight is 194 g/mol. The van der Waals surface area contributed by atoms with E-state index in [4.69, 9.17) is 0 Å². The molecule has 0 saturated heterocycles. The smallest absolute Gasteiger partial charge is 0.0745 e. The lowest BCUT2D eigenvalue weighted by atomic mass is 10.3. The van der Waals surface area contributed by atoms with Crippen molar-refractivity contribution in [3.63, 3.8) is 0 Å². The fraction of sp³-hybridized carbons (Fsp3) is 0.300. The summed E-state index contributed by atoms with van der Waals surface area (Å²) in [6.07, 6.45) is 5.85. The Hall–Kier alpha value is -0.960. The van der Waals surface area contributed by atoms with Gasteiger partial charge < -0.3 is 0 Å². The maximum absolute atomic E-state index is 4.29. The lowest BCUT2D eigenvalue weighted by Gasteiger charge is -2.02. The molecular weight excluding hydrogens is 180 g/mol. The second-order valence-electron chi connectivity index (χ2n) is 2.77. The van der Waals surface area contributed by atoms with Gasteiger partial charge in [-0.3, -0.25) is 4.68 Å². The zero-order valence-corrected chi connectivity index (χ0v) is 9.06. The van der Waals surface area contributed by atoms with Gasteiger partial charge in [-0.25, -0.2) is 0 Å². The highest BCUT2D eigenvalue weighted by atomic mass is 32.2. The highest BCUT2D eigenvalue weighted by Crippen LogP contribution is 2.24. The van der Waals surface area contributed by atoms with E-state index in [9.17, 15) is 0 Å². The van der Waals surface area contributed by atoms with Crippen LogP contribution in [0.5, 0.6) is 0 Å². The van der Waals surface area contributed by atoms with Crippen molar-refractivity contribution < 1.29 is 0 Å². The number of thioether (sulfide) groups is 1. The molecule has 13 heavy (non-hydrogen) atoms. The first-order valence-electron chi connectivity index (χ1n) is 4.06. The van der Waals surface area contributed by atoms with Crippen LogP contribution in [0, 0.1) is 6.92 Å². The predicted molar refractivity (Wildman–Crippen MR) is 59.6 cm³/mol. The third kappa shape index (κ3) is 2.25. The van der Waals surface area contributed by atoms with Crippen molar-refractivity contribution in [2.75, 3.05) is 6.26 Å². The molecule has 0 bridgehead atoms. The normalized spacial score (nSPS) is 11.8. The first kappa shape index (κ1) is 10.1. The van der Waals surface area contributed by atoms with Gasteiger partial charge in [0, 0.05) is 12.0 Å². The standard InChI is InChI=1S/C10H14N2S/c1-5-6-10(13-4)9-7-8(2)11-12(9)3/h5-7H,1H2,2-4H3/b10-6-. The van der Waals surface area contributed by atoms with E-state index < -0.39 is 0 Å². The van der Waals surface area contributed by atoms with Crippen LogP contribution in [-0.2, 0) is 7.05 Å². The minimum absolute atomic E-state index is 1.04. The molecule has 0 aromatic carbocycles. The lowest BCUT2D eigenvalue weighted by molar-refractivity contribution is 0.748. The van der Waals surface area contributed by atoms with Crippen LogP contribution in [0.3, 0.4) is 0 Å². The maximum atomic E-state index is 4.29. The fourth-order valence-electron chi connectivity index (χ4n) is 1.21. The summed E-state index contributed by atoms with van der Waals surface area (Å²) >= 11 is 1.70. The molecule has 0 saturated carbocycles. The number of hydrogen-bond acceptors (Lipinski definition) is 2. The maximum Gasteiger partial charge on any atom is 0.0745 e. The molecule has 0 amide bonds. The third-order valence-corrected chi connectivity index (χ3v) is 2.53. The molecule has 1 aromatic heterocycles. The molecule has 3 heteroatoms. The zero-order chi connectivity index (χ0) is 9.84. The van der Waals surface area contributed by atoms with Gasteiger partial charge in [0.25, 0.3) is 0 Å². The molecule has 2 nitrogen and oxygen atoms in total. The van der Waals surface area contributed by atoms with Crippen molar-refractivity contribution in [2.24, 2.45) is 7.05 Å². The summed E-state index contributed by atoms with van der Waals surface area (Å²) in [7, 11) is 1.95. The molecule has 0 N–H and O–H groups in total. The number of hydrogen-bond donors (Lipinski definition) is 0. The Kier molecular flexibility index (Phi) is 3.37. The SMILES string of the molecule is C=C/C=C(\SC)c1cc(C)nn1C. The van der Waals surface area contributed by atoms with Gasteiger partial charge in [0.05, 0.1) is 11.4 Å². The van der Waals surface area contributed by atoms with E-state index in [0.29, 0.717) is 0 Å². The predicted octanol–water partition coefficient (Wildman–Crippen LogP) is 2.62. The van der Waals surface area contributed by atoms with Crippen LogP contribution in [0.1, 0.15) is 11.4 Å². The second kappa shape index (κ2) is 4.33. The summed E-state index contributed by atoms with van der Waals surface area (Å²) in [5.74, 6) is 0. The molecule has 0 aliphatic heterocycles. The highest BCUT2D eigenvalue weighted by Gasteiger charge is 2.05. The summed E-state index contributed by atoms with van der Waals surface area (Å²) in [6.45, 7) is 5.69. The van der Waals surface area contributed by atoms with Crippen LogP contribution in [-0.4, -0.2) is 16.0 Å². The fourth-order valence-corrected chi connectivity index (χ4v) is 1.84. The van der Waals surface area contributed by atoms with Crippen LogP contribution in [0.4, 0.5) is 0 Å². The summed E-state index contributed by atoms with van der Waals surface area (Å²) < 4.78 is 1.89. The largest absolute Gasteiger partial charge is 0.267 e. The summed E-state index contributed by atoms with van der Waals surface area (Å²) in [5.41, 5.74) is 2.19. The summed E-state index contributed by atoms with van der Waals surface area (Å²) in [4.78, 5) is 1.19. The van der Waals surface area contributed by atoms with Crippen molar-refractivity contribution in [3.05, 3.63) is 36.2 Å². The van der Waals surface area contributed by atoms with Gasteiger partial charge in [0.15, 0.2) is 0 Å². The van der Waals surface area contributed by atoms with E-state index >= 15 is 0 Å². The Labute approximate surface area is 83.3 Å². The van der Waals surface area contributed by atoms with Crippen LogP contribution in [0.25, 0.3) is 4.91 Å². The molecule has 0 spiro atoms. The molecule has 70 valence electrons. The minimum atomic E-state index is 1.04. The van der Waals surface area contributed by atoms with Crippen LogP contribution in [0.15, 0.2) is 24.8 Å². The zero-order valence-electron chi connectivity index (χ0n) is 8.24. The van der Waals surface area contributed by atoms with Gasteiger partial charge in [-0.05, 0) is 25.3 Å². The minimum Gasteiger partial charge on any atom is -0.267 e. The van der Waals surface area contributed by atoms with E-state index in [2.05, 4.69) is 24.0 Å². The Morgan fingerprint density at radius 3 is 2.77 bits per heavy atom. The quantitative estimate of drug-likeness (QED) is 0.688. The lowest BCUT2D eigenvalue weighted by Crippen LogP contribution is -1.95. The molecule has 0 atom stereocenters. The molecule has 0 radical (unpaired) electrons. The van der Waals surface area contributed by atoms with Crippen LogP contribution >= 0.6 is 11.8 Å².